The lowest BCUT2D eigenvalue weighted by Crippen LogP contribution is -2.04. The molecule has 8 aromatic carbocycles. The predicted molar refractivity (Wildman–Crippen MR) is 219 cm³/mol. The molecule has 248 valence electrons. The summed E-state index contributed by atoms with van der Waals surface area (Å²) in [6.07, 6.45) is 0. The van der Waals surface area contributed by atoms with Crippen molar-refractivity contribution in [3.05, 3.63) is 194 Å². The Morgan fingerprint density at radius 1 is 0.302 bits per heavy atom. The molecular weight excluding hydrogens is 645 g/mol. The second kappa shape index (κ2) is 12.9. The molecule has 0 amide bonds. The monoisotopic (exact) mass is 676 g/mol. The molecule has 0 saturated carbocycles. The summed E-state index contributed by atoms with van der Waals surface area (Å²) in [5, 5.41) is 4.68. The van der Waals surface area contributed by atoms with Crippen LogP contribution in [0.15, 0.2) is 194 Å². The van der Waals surface area contributed by atoms with E-state index in [9.17, 15) is 0 Å². The van der Waals surface area contributed by atoms with Crippen molar-refractivity contribution in [2.24, 2.45) is 0 Å². The fourth-order valence-electron chi connectivity index (χ4n) is 7.44. The summed E-state index contributed by atoms with van der Waals surface area (Å²) in [5.74, 6) is 1.86. The number of nitrogens with zero attached hydrogens (tertiary/aromatic N) is 4. The maximum atomic E-state index is 5.30. The number of fused-ring (bicyclic) bond motifs is 4. The first-order valence-electron chi connectivity index (χ1n) is 17.9. The van der Waals surface area contributed by atoms with Crippen LogP contribution in [0.25, 0.3) is 94.7 Å². The van der Waals surface area contributed by atoms with Crippen molar-refractivity contribution < 1.29 is 0 Å². The molecule has 0 unspecified atom stereocenters. The van der Waals surface area contributed by atoms with Gasteiger partial charge in [-0.25, -0.2) is 15.0 Å². The highest BCUT2D eigenvalue weighted by molar-refractivity contribution is 6.10. The molecule has 4 nitrogen and oxygen atoms in total. The van der Waals surface area contributed by atoms with Gasteiger partial charge in [-0.1, -0.05) is 164 Å². The molecule has 4 heteroatoms. The lowest BCUT2D eigenvalue weighted by Gasteiger charge is -2.16. The van der Waals surface area contributed by atoms with Gasteiger partial charge in [0.25, 0.3) is 0 Å². The standard InChI is InChI=1S/C49H32N4/c1-3-14-33(15-4-1)35-26-28-36(29-27-35)47-50-48(40-21-13-20-37(30-40)34-16-5-2-6-17-34)52-49(51-47)43-31-38-18-7-8-19-39(38)32-46(43)53-44-24-11-9-22-41(44)42-23-10-12-25-45(42)53/h1-32H. The number of hydrogen-bond acceptors (Lipinski definition) is 3. The zero-order chi connectivity index (χ0) is 35.1. The van der Waals surface area contributed by atoms with Crippen molar-refractivity contribution in [2.45, 2.75) is 0 Å². The third-order valence-electron chi connectivity index (χ3n) is 10.0. The van der Waals surface area contributed by atoms with E-state index in [4.69, 9.17) is 15.0 Å². The average Bonchev–Trinajstić information content (AvgIpc) is 3.58. The molecule has 10 aromatic rings. The van der Waals surface area contributed by atoms with Crippen LogP contribution in [-0.2, 0) is 0 Å². The van der Waals surface area contributed by atoms with E-state index in [0.717, 1.165) is 60.9 Å². The van der Waals surface area contributed by atoms with Gasteiger partial charge in [-0.3, -0.25) is 0 Å². The van der Waals surface area contributed by atoms with Gasteiger partial charge in [0.15, 0.2) is 17.5 Å². The highest BCUT2D eigenvalue weighted by Gasteiger charge is 2.20. The van der Waals surface area contributed by atoms with Gasteiger partial charge in [-0.05, 0) is 63.4 Å². The van der Waals surface area contributed by atoms with E-state index in [1.54, 1.807) is 0 Å². The minimum atomic E-state index is 0.616. The van der Waals surface area contributed by atoms with Gasteiger partial charge in [0.2, 0.25) is 0 Å². The van der Waals surface area contributed by atoms with Gasteiger partial charge in [-0.15, -0.1) is 0 Å². The molecule has 2 aromatic heterocycles. The number of rotatable bonds is 6. The van der Waals surface area contributed by atoms with Gasteiger partial charge in [-0.2, -0.15) is 0 Å². The van der Waals surface area contributed by atoms with E-state index in [0.29, 0.717) is 17.5 Å². The maximum absolute atomic E-state index is 5.30. The van der Waals surface area contributed by atoms with E-state index in [1.807, 2.05) is 12.1 Å². The van der Waals surface area contributed by atoms with E-state index in [-0.39, 0.29) is 0 Å². The Hall–Kier alpha value is -7.17. The van der Waals surface area contributed by atoms with Crippen molar-refractivity contribution in [1.82, 2.24) is 19.5 Å². The van der Waals surface area contributed by atoms with Crippen molar-refractivity contribution in [1.29, 1.82) is 0 Å². The van der Waals surface area contributed by atoms with Crippen LogP contribution in [0.4, 0.5) is 0 Å². The van der Waals surface area contributed by atoms with Crippen LogP contribution in [0.1, 0.15) is 0 Å². The molecule has 0 radical (unpaired) electrons. The lowest BCUT2D eigenvalue weighted by atomic mass is 10.0. The molecular formula is C49H32N4. The second-order valence-electron chi connectivity index (χ2n) is 13.3. The SMILES string of the molecule is c1ccc(-c2ccc(-c3nc(-c4cccc(-c5ccccc5)c4)nc(-c4cc5ccccc5cc4-n4c5ccccc5c5ccccc54)n3)cc2)cc1. The van der Waals surface area contributed by atoms with Crippen LogP contribution >= 0.6 is 0 Å². The van der Waals surface area contributed by atoms with Crippen LogP contribution in [0, 0.1) is 0 Å². The number of aromatic nitrogens is 4. The smallest absolute Gasteiger partial charge is 0.166 e. The quantitative estimate of drug-likeness (QED) is 0.176. The summed E-state index contributed by atoms with van der Waals surface area (Å²) in [4.78, 5) is 15.7. The Bertz CT molecular complexity index is 2880. The molecule has 0 fully saturated rings. The lowest BCUT2D eigenvalue weighted by molar-refractivity contribution is 1.07. The van der Waals surface area contributed by atoms with Crippen LogP contribution in [0.2, 0.25) is 0 Å². The maximum Gasteiger partial charge on any atom is 0.166 e. The second-order valence-corrected chi connectivity index (χ2v) is 13.3. The molecule has 2 heterocycles. The molecule has 0 spiro atoms. The van der Waals surface area contributed by atoms with Crippen molar-refractivity contribution in [3.63, 3.8) is 0 Å². The molecule has 10 rings (SSSR count). The van der Waals surface area contributed by atoms with Crippen LogP contribution in [0.5, 0.6) is 0 Å². The molecule has 0 aliphatic heterocycles. The van der Waals surface area contributed by atoms with E-state index in [2.05, 4.69) is 187 Å². The summed E-state index contributed by atoms with van der Waals surface area (Å²) >= 11 is 0. The fraction of sp³-hybridized carbons (Fsp3) is 0. The molecule has 53 heavy (non-hydrogen) atoms. The molecule has 0 saturated heterocycles. The highest BCUT2D eigenvalue weighted by Crippen LogP contribution is 2.38. The van der Waals surface area contributed by atoms with E-state index >= 15 is 0 Å². The van der Waals surface area contributed by atoms with Gasteiger partial charge < -0.3 is 4.57 Å². The highest BCUT2D eigenvalue weighted by atomic mass is 15.1. The molecule has 0 aliphatic carbocycles. The Morgan fingerprint density at radius 3 is 1.42 bits per heavy atom. The Balaban J connectivity index is 1.23. The summed E-state index contributed by atoms with van der Waals surface area (Å²) in [6, 6.07) is 68.1. The minimum Gasteiger partial charge on any atom is -0.308 e. The number of para-hydroxylation sites is 2. The van der Waals surface area contributed by atoms with Crippen LogP contribution in [-0.4, -0.2) is 19.5 Å². The third-order valence-corrected chi connectivity index (χ3v) is 10.0. The summed E-state index contributed by atoms with van der Waals surface area (Å²) in [5.41, 5.74) is 10.6. The summed E-state index contributed by atoms with van der Waals surface area (Å²) in [6.45, 7) is 0. The summed E-state index contributed by atoms with van der Waals surface area (Å²) < 4.78 is 2.36. The Labute approximate surface area is 307 Å². The third kappa shape index (κ3) is 5.54. The van der Waals surface area contributed by atoms with Gasteiger partial charge in [0.05, 0.1) is 16.7 Å². The van der Waals surface area contributed by atoms with E-state index in [1.165, 1.54) is 16.3 Å². The molecule has 0 bridgehead atoms. The average molecular weight is 677 g/mol. The fourth-order valence-corrected chi connectivity index (χ4v) is 7.44. The zero-order valence-corrected chi connectivity index (χ0v) is 28.8. The molecule has 0 N–H and O–H groups in total. The van der Waals surface area contributed by atoms with Crippen LogP contribution in [0.3, 0.4) is 0 Å². The molecule has 0 aliphatic rings. The minimum absolute atomic E-state index is 0.616. The first-order chi connectivity index (χ1) is 26.3. The Morgan fingerprint density at radius 2 is 0.755 bits per heavy atom. The normalized spacial score (nSPS) is 11.4. The number of benzene rings is 8. The topological polar surface area (TPSA) is 43.6 Å². The first-order valence-corrected chi connectivity index (χ1v) is 17.9. The van der Waals surface area contributed by atoms with E-state index < -0.39 is 0 Å². The van der Waals surface area contributed by atoms with Crippen LogP contribution < -0.4 is 0 Å². The predicted octanol–water partition coefficient (Wildman–Crippen LogP) is 12.5. The van der Waals surface area contributed by atoms with Crippen molar-refractivity contribution in [2.75, 3.05) is 0 Å². The van der Waals surface area contributed by atoms with Gasteiger partial charge in [0, 0.05) is 27.5 Å². The van der Waals surface area contributed by atoms with Gasteiger partial charge >= 0.3 is 0 Å². The van der Waals surface area contributed by atoms with Gasteiger partial charge in [0.1, 0.15) is 0 Å². The molecule has 0 atom stereocenters. The first kappa shape index (κ1) is 30.6. The zero-order valence-electron chi connectivity index (χ0n) is 28.8. The number of hydrogen-bond donors (Lipinski definition) is 0. The largest absolute Gasteiger partial charge is 0.308 e. The Kier molecular flexibility index (Phi) is 7.43. The van der Waals surface area contributed by atoms with Crippen molar-refractivity contribution in [3.8, 4) is 62.1 Å². The summed E-state index contributed by atoms with van der Waals surface area (Å²) in [7, 11) is 0. The van der Waals surface area contributed by atoms with Crippen molar-refractivity contribution >= 4 is 32.6 Å².